The van der Waals surface area contributed by atoms with E-state index in [-0.39, 0.29) is 17.7 Å². The molecule has 2 aromatic heterocycles. The molecule has 0 aliphatic carbocycles. The van der Waals surface area contributed by atoms with Crippen LogP contribution < -0.4 is 11.1 Å². The molecule has 18 heavy (non-hydrogen) atoms. The Morgan fingerprint density at radius 2 is 2.28 bits per heavy atom. The fourth-order valence-corrected chi connectivity index (χ4v) is 2.99. The van der Waals surface area contributed by atoms with Crippen molar-refractivity contribution in [1.29, 1.82) is 0 Å². The molecule has 96 valence electrons. The third-order valence-corrected chi connectivity index (χ3v) is 4.23. The molecule has 2 aromatic rings. The van der Waals surface area contributed by atoms with E-state index < -0.39 is 0 Å². The molecule has 0 aromatic carbocycles. The Balaban J connectivity index is 1.87. The molecule has 0 saturated carbocycles. The number of anilines is 2. The Morgan fingerprint density at radius 1 is 1.50 bits per heavy atom. The molecule has 0 unspecified atom stereocenters. The van der Waals surface area contributed by atoms with Crippen LogP contribution in [0.25, 0.3) is 0 Å². The van der Waals surface area contributed by atoms with E-state index in [0.29, 0.717) is 11.0 Å². The van der Waals surface area contributed by atoms with Gasteiger partial charge in [0.1, 0.15) is 0 Å². The smallest absolute Gasteiger partial charge is 0.322 e. The van der Waals surface area contributed by atoms with Crippen molar-refractivity contribution < 1.29 is 9.21 Å². The van der Waals surface area contributed by atoms with Crippen molar-refractivity contribution in [2.75, 3.05) is 16.8 Å². The lowest BCUT2D eigenvalue weighted by molar-refractivity contribution is -0.113. The first-order valence-electron chi connectivity index (χ1n) is 5.00. The van der Waals surface area contributed by atoms with Gasteiger partial charge in [-0.05, 0) is 6.92 Å². The zero-order valence-electron chi connectivity index (χ0n) is 9.76. The van der Waals surface area contributed by atoms with Crippen LogP contribution in [-0.2, 0) is 4.79 Å². The van der Waals surface area contributed by atoms with Gasteiger partial charge >= 0.3 is 6.01 Å². The zero-order chi connectivity index (χ0) is 13.1. The van der Waals surface area contributed by atoms with Crippen LogP contribution in [0.1, 0.15) is 11.6 Å². The van der Waals surface area contributed by atoms with E-state index in [2.05, 4.69) is 20.5 Å². The number of aryl methyl sites for hydroxylation is 2. The van der Waals surface area contributed by atoms with Crippen LogP contribution in [0.15, 0.2) is 8.63 Å². The molecule has 7 nitrogen and oxygen atoms in total. The van der Waals surface area contributed by atoms with Crippen LogP contribution in [0.4, 0.5) is 11.1 Å². The number of aromatic nitrogens is 3. The summed E-state index contributed by atoms with van der Waals surface area (Å²) in [5.41, 5.74) is 6.41. The van der Waals surface area contributed by atoms with Crippen LogP contribution in [0.2, 0.25) is 0 Å². The highest BCUT2D eigenvalue weighted by molar-refractivity contribution is 8.01. The van der Waals surface area contributed by atoms with E-state index >= 15 is 0 Å². The quantitative estimate of drug-likeness (QED) is 0.819. The van der Waals surface area contributed by atoms with E-state index in [1.54, 1.807) is 6.92 Å². The monoisotopic (exact) mass is 285 g/mol. The van der Waals surface area contributed by atoms with Gasteiger partial charge in [-0.1, -0.05) is 16.4 Å². The summed E-state index contributed by atoms with van der Waals surface area (Å²) in [6, 6.07) is 0.110. The number of nitrogens with one attached hydrogen (secondary N) is 1. The second kappa shape index (κ2) is 5.36. The van der Waals surface area contributed by atoms with Crippen LogP contribution in [0.5, 0.6) is 0 Å². The first-order chi connectivity index (χ1) is 8.54. The predicted molar refractivity (Wildman–Crippen MR) is 69.7 cm³/mol. The van der Waals surface area contributed by atoms with Crippen molar-refractivity contribution in [1.82, 2.24) is 15.2 Å². The Hall–Kier alpha value is -1.61. The second-order valence-electron chi connectivity index (χ2n) is 3.39. The van der Waals surface area contributed by atoms with Crippen molar-refractivity contribution in [3.8, 4) is 0 Å². The lowest BCUT2D eigenvalue weighted by Crippen LogP contribution is -2.14. The van der Waals surface area contributed by atoms with Gasteiger partial charge in [0.25, 0.3) is 0 Å². The number of thioether (sulfide) groups is 1. The van der Waals surface area contributed by atoms with E-state index in [0.717, 1.165) is 9.90 Å². The van der Waals surface area contributed by atoms with Crippen molar-refractivity contribution >= 4 is 40.2 Å². The summed E-state index contributed by atoms with van der Waals surface area (Å²) in [6.45, 7) is 3.51. The van der Waals surface area contributed by atoms with Gasteiger partial charge in [0, 0.05) is 6.92 Å². The van der Waals surface area contributed by atoms with E-state index in [4.69, 9.17) is 10.2 Å². The molecule has 0 bridgehead atoms. The summed E-state index contributed by atoms with van der Waals surface area (Å²) in [5.74, 6) is 0.434. The second-order valence-corrected chi connectivity index (χ2v) is 5.66. The number of nitrogen functional groups attached to an aromatic ring is 1. The molecule has 9 heteroatoms. The molecule has 1 amide bonds. The maximum Gasteiger partial charge on any atom is 0.322 e. The van der Waals surface area contributed by atoms with Crippen molar-refractivity contribution in [2.45, 2.75) is 18.1 Å². The number of hydrogen-bond acceptors (Lipinski definition) is 8. The van der Waals surface area contributed by atoms with Crippen LogP contribution in [0, 0.1) is 13.8 Å². The van der Waals surface area contributed by atoms with Gasteiger partial charge < -0.3 is 10.2 Å². The van der Waals surface area contributed by atoms with Crippen molar-refractivity contribution in [3.63, 3.8) is 0 Å². The summed E-state index contributed by atoms with van der Waals surface area (Å²) in [6.07, 6.45) is 0. The van der Waals surface area contributed by atoms with Gasteiger partial charge in [0.15, 0.2) is 5.13 Å². The molecular formula is C9H11N5O2S2. The number of nitrogens with two attached hydrogens (primary N) is 1. The Kier molecular flexibility index (Phi) is 3.82. The van der Waals surface area contributed by atoms with Crippen LogP contribution in [0.3, 0.4) is 0 Å². The number of thiazole rings is 1. The molecular weight excluding hydrogens is 274 g/mol. The average Bonchev–Trinajstić information content (AvgIpc) is 2.82. The van der Waals surface area contributed by atoms with Gasteiger partial charge in [0.05, 0.1) is 15.7 Å². The first-order valence-corrected chi connectivity index (χ1v) is 6.80. The summed E-state index contributed by atoms with van der Waals surface area (Å²) in [4.78, 5) is 15.7. The molecule has 0 spiro atoms. The molecule has 0 saturated heterocycles. The predicted octanol–water partition coefficient (Wildman–Crippen LogP) is 1.46. The standard InChI is InChI=1S/C9H11N5O2S2/c1-4-7(18-8(10)11-4)17-3-6(15)12-9-14-13-5(2)16-9/h3H2,1-2H3,(H2,10,11)(H,12,14,15). The highest BCUT2D eigenvalue weighted by atomic mass is 32.2. The number of rotatable bonds is 4. The summed E-state index contributed by atoms with van der Waals surface area (Å²) in [7, 11) is 0. The lowest BCUT2D eigenvalue weighted by Gasteiger charge is -1.99. The lowest BCUT2D eigenvalue weighted by atomic mass is 10.6. The molecule has 2 rings (SSSR count). The van der Waals surface area contributed by atoms with Gasteiger partial charge in [-0.3, -0.25) is 10.1 Å². The van der Waals surface area contributed by atoms with Crippen molar-refractivity contribution in [3.05, 3.63) is 11.6 Å². The fraction of sp³-hybridized carbons (Fsp3) is 0.333. The summed E-state index contributed by atoms with van der Waals surface area (Å²) in [5, 5.41) is 10.3. The normalized spacial score (nSPS) is 10.6. The maximum absolute atomic E-state index is 11.6. The first kappa shape index (κ1) is 12.8. The van der Waals surface area contributed by atoms with E-state index in [9.17, 15) is 4.79 Å². The topological polar surface area (TPSA) is 107 Å². The molecule has 0 aliphatic rings. The number of carbonyl (C=O) groups is 1. The minimum Gasteiger partial charge on any atom is -0.408 e. The molecule has 2 heterocycles. The van der Waals surface area contributed by atoms with Gasteiger partial charge in [-0.2, -0.15) is 0 Å². The Morgan fingerprint density at radius 3 is 2.83 bits per heavy atom. The third kappa shape index (κ3) is 3.20. The molecule has 0 radical (unpaired) electrons. The number of amides is 1. The third-order valence-electron chi connectivity index (χ3n) is 1.88. The molecule has 0 aliphatic heterocycles. The largest absolute Gasteiger partial charge is 0.408 e. The SMILES string of the molecule is Cc1nnc(NC(=O)CSc2sc(N)nc2C)o1. The Bertz CT molecular complexity index is 565. The summed E-state index contributed by atoms with van der Waals surface area (Å²) >= 11 is 2.74. The van der Waals surface area contributed by atoms with E-state index in [1.807, 2.05) is 6.92 Å². The number of hydrogen-bond donors (Lipinski definition) is 2. The minimum absolute atomic E-state index is 0.110. The summed E-state index contributed by atoms with van der Waals surface area (Å²) < 4.78 is 5.98. The number of nitrogens with zero attached hydrogens (tertiary/aromatic N) is 3. The van der Waals surface area contributed by atoms with Crippen LogP contribution in [-0.4, -0.2) is 26.8 Å². The zero-order valence-corrected chi connectivity index (χ0v) is 11.4. The molecule has 0 atom stereocenters. The van der Waals surface area contributed by atoms with Gasteiger partial charge in [0.2, 0.25) is 11.8 Å². The maximum atomic E-state index is 11.6. The van der Waals surface area contributed by atoms with Gasteiger partial charge in [-0.25, -0.2) is 4.98 Å². The average molecular weight is 285 g/mol. The van der Waals surface area contributed by atoms with Crippen LogP contribution >= 0.6 is 23.1 Å². The number of carbonyl (C=O) groups excluding carboxylic acids is 1. The highest BCUT2D eigenvalue weighted by Crippen LogP contribution is 2.30. The van der Waals surface area contributed by atoms with Crippen molar-refractivity contribution in [2.24, 2.45) is 0 Å². The minimum atomic E-state index is -0.213. The molecule has 0 fully saturated rings. The molecule has 3 N–H and O–H groups in total. The highest BCUT2D eigenvalue weighted by Gasteiger charge is 2.11. The Labute approximate surface area is 111 Å². The van der Waals surface area contributed by atoms with Gasteiger partial charge in [-0.15, -0.1) is 16.9 Å². The van der Waals surface area contributed by atoms with E-state index in [1.165, 1.54) is 23.1 Å². The fourth-order valence-electron chi connectivity index (χ4n) is 1.17.